The summed E-state index contributed by atoms with van der Waals surface area (Å²) in [6, 6.07) is 21.4. The van der Waals surface area contributed by atoms with Crippen LogP contribution in [0.1, 0.15) is 27.0 Å². The first-order valence-electron chi connectivity index (χ1n) is 10.7. The van der Waals surface area contributed by atoms with Gasteiger partial charge in [-0.2, -0.15) is 0 Å². The zero-order valence-electron chi connectivity index (χ0n) is 18.1. The van der Waals surface area contributed by atoms with Crippen molar-refractivity contribution in [1.82, 2.24) is 9.80 Å². The molecule has 6 heteroatoms. The van der Waals surface area contributed by atoms with Gasteiger partial charge in [0.15, 0.2) is 0 Å². The number of nitrogens with zero attached hydrogens (tertiary/aromatic N) is 2. The smallest absolute Gasteiger partial charge is 0.253 e. The number of benzene rings is 3. The van der Waals surface area contributed by atoms with Crippen LogP contribution in [-0.2, 0) is 13.2 Å². The molecule has 4 rings (SSSR count). The zero-order chi connectivity index (χ0) is 22.5. The van der Waals surface area contributed by atoms with Gasteiger partial charge in [0, 0.05) is 43.3 Å². The molecule has 1 aliphatic heterocycles. The quantitative estimate of drug-likeness (QED) is 0.455. The number of hydrogen-bond acceptors (Lipinski definition) is 3. The minimum atomic E-state index is 0.0770. The van der Waals surface area contributed by atoms with Gasteiger partial charge >= 0.3 is 0 Å². The normalized spacial score (nSPS) is 14.4. The predicted molar refractivity (Wildman–Crippen MR) is 130 cm³/mol. The Bertz CT molecular complexity index is 1060. The van der Waals surface area contributed by atoms with Crippen molar-refractivity contribution in [3.05, 3.63) is 99.0 Å². The molecule has 1 fully saturated rings. The summed E-state index contributed by atoms with van der Waals surface area (Å²) < 4.78 is 5.77. The van der Waals surface area contributed by atoms with Crippen molar-refractivity contribution in [3.8, 4) is 5.75 Å². The molecular weight excluding hydrogens is 443 g/mol. The Balaban J connectivity index is 1.27. The summed E-state index contributed by atoms with van der Waals surface area (Å²) in [6.45, 7) is 6.64. The summed E-state index contributed by atoms with van der Waals surface area (Å²) in [5.74, 6) is 0.660. The van der Waals surface area contributed by atoms with Crippen LogP contribution in [0.3, 0.4) is 0 Å². The van der Waals surface area contributed by atoms with Gasteiger partial charge in [-0.25, -0.2) is 0 Å². The van der Waals surface area contributed by atoms with Crippen LogP contribution < -0.4 is 4.74 Å². The van der Waals surface area contributed by atoms with Crippen LogP contribution in [0.2, 0.25) is 10.0 Å². The minimum Gasteiger partial charge on any atom is -0.487 e. The van der Waals surface area contributed by atoms with Gasteiger partial charge in [-0.1, -0.05) is 65.2 Å². The molecule has 0 aromatic heterocycles. The van der Waals surface area contributed by atoms with E-state index in [2.05, 4.69) is 36.1 Å². The molecule has 1 amide bonds. The maximum absolute atomic E-state index is 12.9. The minimum absolute atomic E-state index is 0.0770. The molecule has 0 saturated carbocycles. The van der Waals surface area contributed by atoms with Crippen molar-refractivity contribution in [2.24, 2.45) is 0 Å². The molecule has 1 aliphatic rings. The fraction of sp³-hybridized carbons (Fsp3) is 0.269. The summed E-state index contributed by atoms with van der Waals surface area (Å²) in [4.78, 5) is 17.3. The van der Waals surface area contributed by atoms with Gasteiger partial charge in [0.25, 0.3) is 5.91 Å². The molecule has 3 aromatic carbocycles. The summed E-state index contributed by atoms with van der Waals surface area (Å²) in [7, 11) is 0. The Hall–Kier alpha value is -2.53. The van der Waals surface area contributed by atoms with Crippen LogP contribution in [0.15, 0.2) is 66.7 Å². The number of halogens is 2. The first-order chi connectivity index (χ1) is 15.5. The van der Waals surface area contributed by atoms with Gasteiger partial charge in [0.05, 0.1) is 5.02 Å². The van der Waals surface area contributed by atoms with Gasteiger partial charge in [-0.15, -0.1) is 0 Å². The van der Waals surface area contributed by atoms with Gasteiger partial charge in [0.1, 0.15) is 12.4 Å². The molecule has 1 heterocycles. The molecule has 3 aromatic rings. The molecule has 166 valence electrons. The average molecular weight is 469 g/mol. The summed E-state index contributed by atoms with van der Waals surface area (Å²) in [5, 5.41) is 1.05. The maximum atomic E-state index is 12.9. The average Bonchev–Trinajstić information content (AvgIpc) is 2.80. The lowest BCUT2D eigenvalue weighted by atomic mass is 10.1. The highest BCUT2D eigenvalue weighted by molar-refractivity contribution is 6.35. The van der Waals surface area contributed by atoms with Crippen LogP contribution in [0.25, 0.3) is 0 Å². The number of amides is 1. The summed E-state index contributed by atoms with van der Waals surface area (Å²) in [6.07, 6.45) is 0. The van der Waals surface area contributed by atoms with Gasteiger partial charge in [-0.3, -0.25) is 9.69 Å². The molecule has 1 saturated heterocycles. The topological polar surface area (TPSA) is 32.8 Å². The van der Waals surface area contributed by atoms with Crippen LogP contribution in [0, 0.1) is 6.92 Å². The molecular formula is C26H26Cl2N2O2. The van der Waals surface area contributed by atoms with Crippen molar-refractivity contribution in [3.63, 3.8) is 0 Å². The lowest BCUT2D eigenvalue weighted by Crippen LogP contribution is -2.48. The lowest BCUT2D eigenvalue weighted by Gasteiger charge is -2.34. The second-order valence-electron chi connectivity index (χ2n) is 8.11. The third-order valence-electron chi connectivity index (χ3n) is 5.68. The molecule has 0 N–H and O–H groups in total. The Labute approximate surface area is 199 Å². The highest BCUT2D eigenvalue weighted by Crippen LogP contribution is 2.28. The highest BCUT2D eigenvalue weighted by atomic mass is 35.5. The Morgan fingerprint density at radius 2 is 1.53 bits per heavy atom. The predicted octanol–water partition coefficient (Wildman–Crippen LogP) is 5.84. The van der Waals surface area contributed by atoms with Gasteiger partial charge in [-0.05, 0) is 48.4 Å². The number of hydrogen-bond donors (Lipinski definition) is 0. The van der Waals surface area contributed by atoms with Crippen molar-refractivity contribution in [2.45, 2.75) is 20.1 Å². The monoisotopic (exact) mass is 468 g/mol. The summed E-state index contributed by atoms with van der Waals surface area (Å²) >= 11 is 12.1. The van der Waals surface area contributed by atoms with E-state index in [1.54, 1.807) is 18.2 Å². The van der Waals surface area contributed by atoms with E-state index in [1.165, 1.54) is 11.1 Å². The number of ether oxygens (including phenoxy) is 1. The Morgan fingerprint density at radius 3 is 2.19 bits per heavy atom. The van der Waals surface area contributed by atoms with Crippen LogP contribution in [0.5, 0.6) is 5.75 Å². The fourth-order valence-electron chi connectivity index (χ4n) is 3.74. The van der Waals surface area contributed by atoms with Crippen molar-refractivity contribution in [2.75, 3.05) is 26.2 Å². The summed E-state index contributed by atoms with van der Waals surface area (Å²) in [5.41, 5.74) is 4.25. The van der Waals surface area contributed by atoms with Gasteiger partial charge in [0.2, 0.25) is 0 Å². The van der Waals surface area contributed by atoms with Crippen molar-refractivity contribution in [1.29, 1.82) is 0 Å². The van der Waals surface area contributed by atoms with E-state index in [-0.39, 0.29) is 5.91 Å². The molecule has 0 radical (unpaired) electrons. The molecule has 0 atom stereocenters. The maximum Gasteiger partial charge on any atom is 0.253 e. The van der Waals surface area contributed by atoms with E-state index in [0.717, 1.165) is 38.3 Å². The second kappa shape index (κ2) is 10.4. The third-order valence-corrected chi connectivity index (χ3v) is 6.21. The van der Waals surface area contributed by atoms with E-state index in [4.69, 9.17) is 27.9 Å². The fourth-order valence-corrected chi connectivity index (χ4v) is 4.20. The molecule has 0 spiro atoms. The number of aryl methyl sites for hydroxylation is 1. The number of piperazine rings is 1. The van der Waals surface area contributed by atoms with Crippen LogP contribution in [0.4, 0.5) is 0 Å². The number of carbonyl (C=O) groups excluding carboxylic acids is 1. The van der Waals surface area contributed by atoms with E-state index >= 15 is 0 Å². The second-order valence-corrected chi connectivity index (χ2v) is 8.96. The number of rotatable bonds is 6. The molecule has 0 bridgehead atoms. The zero-order valence-corrected chi connectivity index (χ0v) is 19.6. The number of carbonyl (C=O) groups is 1. The first kappa shape index (κ1) is 22.7. The van der Waals surface area contributed by atoms with Crippen LogP contribution >= 0.6 is 23.2 Å². The van der Waals surface area contributed by atoms with Crippen molar-refractivity contribution >= 4 is 29.1 Å². The SMILES string of the molecule is Cc1ccc(CN2CCN(C(=O)c3ccc(COc4ccc(Cl)cc4Cl)cc3)CC2)cc1. The van der Waals surface area contributed by atoms with E-state index in [1.807, 2.05) is 29.2 Å². The molecule has 0 aliphatic carbocycles. The molecule has 0 unspecified atom stereocenters. The third kappa shape index (κ3) is 5.83. The molecule has 4 nitrogen and oxygen atoms in total. The highest BCUT2D eigenvalue weighted by Gasteiger charge is 2.22. The van der Waals surface area contributed by atoms with E-state index < -0.39 is 0 Å². The Morgan fingerprint density at radius 1 is 0.875 bits per heavy atom. The standard InChI is InChI=1S/C26H26Cl2N2O2/c1-19-2-4-20(5-3-19)17-29-12-14-30(15-13-29)26(31)22-8-6-21(7-9-22)18-32-25-11-10-23(27)16-24(25)28/h2-11,16H,12-15,17-18H2,1H3. The van der Waals surface area contributed by atoms with Crippen LogP contribution in [-0.4, -0.2) is 41.9 Å². The molecule has 32 heavy (non-hydrogen) atoms. The van der Waals surface area contributed by atoms with E-state index in [0.29, 0.717) is 28.0 Å². The van der Waals surface area contributed by atoms with Crippen molar-refractivity contribution < 1.29 is 9.53 Å². The first-order valence-corrected chi connectivity index (χ1v) is 11.5. The van der Waals surface area contributed by atoms with E-state index in [9.17, 15) is 4.79 Å². The van der Waals surface area contributed by atoms with Gasteiger partial charge < -0.3 is 9.64 Å². The Kier molecular flexibility index (Phi) is 7.36. The lowest BCUT2D eigenvalue weighted by molar-refractivity contribution is 0.0628. The largest absolute Gasteiger partial charge is 0.487 e.